The van der Waals surface area contributed by atoms with Gasteiger partial charge in [0.1, 0.15) is 6.04 Å². The first-order valence-electron chi connectivity index (χ1n) is 13.7. The molecule has 8 nitrogen and oxygen atoms in total. The second-order valence-electron chi connectivity index (χ2n) is 8.70. The SMILES string of the molecule is CC/C=C\C/C=C\C/C=C\C/C=C\C/C=C\CCCC(=O)N[C@@H](CCCCNC(=O)/C=C/C(=O)OC)C(=O)O. The molecule has 0 unspecified atom stereocenters. The van der Waals surface area contributed by atoms with Crippen molar-refractivity contribution in [3.8, 4) is 0 Å². The van der Waals surface area contributed by atoms with E-state index in [-0.39, 0.29) is 18.7 Å². The molecule has 0 spiro atoms. The maximum atomic E-state index is 12.1. The molecular weight excluding hydrogens is 496 g/mol. The third kappa shape index (κ3) is 24.4. The first-order valence-corrected chi connectivity index (χ1v) is 13.7. The van der Waals surface area contributed by atoms with Crippen molar-refractivity contribution >= 4 is 23.8 Å². The minimum atomic E-state index is -1.08. The van der Waals surface area contributed by atoms with Gasteiger partial charge in [0.05, 0.1) is 7.11 Å². The highest BCUT2D eigenvalue weighted by atomic mass is 16.5. The van der Waals surface area contributed by atoms with Crippen molar-refractivity contribution in [2.45, 2.75) is 83.6 Å². The van der Waals surface area contributed by atoms with Gasteiger partial charge in [0, 0.05) is 25.1 Å². The number of rotatable bonds is 22. The molecule has 0 aliphatic rings. The lowest BCUT2D eigenvalue weighted by Gasteiger charge is -2.14. The third-order valence-corrected chi connectivity index (χ3v) is 5.36. The molecule has 0 aromatic carbocycles. The molecule has 0 heterocycles. The van der Waals surface area contributed by atoms with E-state index in [0.29, 0.717) is 25.8 Å². The number of unbranched alkanes of at least 4 members (excludes halogenated alkanes) is 2. The molecule has 2 amide bonds. The lowest BCUT2D eigenvalue weighted by Crippen LogP contribution is -2.40. The van der Waals surface area contributed by atoms with Gasteiger partial charge >= 0.3 is 11.9 Å². The van der Waals surface area contributed by atoms with Crippen LogP contribution in [0.25, 0.3) is 0 Å². The number of carbonyl (C=O) groups is 4. The van der Waals surface area contributed by atoms with Crippen molar-refractivity contribution in [1.29, 1.82) is 0 Å². The van der Waals surface area contributed by atoms with Crippen LogP contribution in [0.3, 0.4) is 0 Å². The fourth-order valence-electron chi connectivity index (χ4n) is 3.23. The first-order chi connectivity index (χ1) is 18.9. The lowest BCUT2D eigenvalue weighted by molar-refractivity contribution is -0.142. The lowest BCUT2D eigenvalue weighted by atomic mass is 10.1. The number of carbonyl (C=O) groups excluding carboxylic acids is 3. The molecule has 8 heteroatoms. The zero-order valence-corrected chi connectivity index (χ0v) is 23.5. The van der Waals surface area contributed by atoms with E-state index in [9.17, 15) is 24.3 Å². The van der Waals surface area contributed by atoms with Crippen molar-refractivity contribution in [3.63, 3.8) is 0 Å². The van der Waals surface area contributed by atoms with Crippen LogP contribution in [0.5, 0.6) is 0 Å². The predicted octanol–water partition coefficient (Wildman–Crippen LogP) is 5.49. The molecule has 0 aromatic rings. The second kappa shape index (κ2) is 25.9. The number of carboxylic acids is 1. The number of methoxy groups -OCH3 is 1. The van der Waals surface area contributed by atoms with E-state index in [0.717, 1.165) is 50.7 Å². The monoisotopic (exact) mass is 542 g/mol. The molecule has 0 fully saturated rings. The Bertz CT molecular complexity index is 884. The number of aliphatic carboxylic acids is 1. The Morgan fingerprint density at radius 1 is 0.769 bits per heavy atom. The van der Waals surface area contributed by atoms with Crippen LogP contribution in [0.4, 0.5) is 0 Å². The summed E-state index contributed by atoms with van der Waals surface area (Å²) in [5.74, 6) is -2.42. The molecule has 0 rings (SSSR count). The number of carboxylic acid groups (broad SMARTS) is 1. The standard InChI is InChI=1S/C31H46N2O6/c1-3-4-5-6-7-8-9-10-11-12-13-14-15-16-17-18-19-23-29(35)33-27(31(37)38)22-20-21-26-32-28(34)24-25-30(36)39-2/h4-5,7-8,10-11,13-14,16-17,24-25,27H,3,6,9,12,15,18-23,26H2,1-2H3,(H,32,34)(H,33,35)(H,37,38)/b5-4-,8-7-,11-10-,14-13-,17-16-,25-24+/t27-/m0/s1. The quantitative estimate of drug-likeness (QED) is 0.0719. The van der Waals surface area contributed by atoms with Gasteiger partial charge in [-0.3, -0.25) is 9.59 Å². The summed E-state index contributed by atoms with van der Waals surface area (Å²) in [7, 11) is 1.22. The first kappa shape index (κ1) is 35.3. The highest BCUT2D eigenvalue weighted by Crippen LogP contribution is 2.04. The van der Waals surface area contributed by atoms with Crippen LogP contribution in [0.2, 0.25) is 0 Å². The van der Waals surface area contributed by atoms with Crippen LogP contribution >= 0.6 is 0 Å². The van der Waals surface area contributed by atoms with Gasteiger partial charge in [-0.25, -0.2) is 9.59 Å². The Balaban J connectivity index is 3.94. The van der Waals surface area contributed by atoms with E-state index in [1.165, 1.54) is 7.11 Å². The number of esters is 1. The minimum Gasteiger partial charge on any atom is -0.480 e. The number of ether oxygens (including phenoxy) is 1. The maximum absolute atomic E-state index is 12.1. The summed E-state index contributed by atoms with van der Waals surface area (Å²) >= 11 is 0. The van der Waals surface area contributed by atoms with Gasteiger partial charge in [0.2, 0.25) is 11.8 Å². The van der Waals surface area contributed by atoms with Crippen molar-refractivity contribution in [2.75, 3.05) is 13.7 Å². The van der Waals surface area contributed by atoms with Gasteiger partial charge in [0.15, 0.2) is 0 Å². The zero-order chi connectivity index (χ0) is 29.0. The van der Waals surface area contributed by atoms with E-state index >= 15 is 0 Å². The molecule has 0 aliphatic carbocycles. The van der Waals surface area contributed by atoms with Crippen LogP contribution < -0.4 is 10.6 Å². The van der Waals surface area contributed by atoms with Gasteiger partial charge in [-0.05, 0) is 64.2 Å². The summed E-state index contributed by atoms with van der Waals surface area (Å²) in [5, 5.41) is 14.5. The van der Waals surface area contributed by atoms with E-state index < -0.39 is 23.9 Å². The average Bonchev–Trinajstić information content (AvgIpc) is 2.92. The number of amides is 2. The molecule has 0 aromatic heterocycles. The molecule has 0 bridgehead atoms. The fourth-order valence-corrected chi connectivity index (χ4v) is 3.23. The molecule has 39 heavy (non-hydrogen) atoms. The Morgan fingerprint density at radius 2 is 1.33 bits per heavy atom. The second-order valence-corrected chi connectivity index (χ2v) is 8.70. The number of allylic oxidation sites excluding steroid dienone is 10. The normalized spacial score (nSPS) is 12.9. The number of hydrogen-bond acceptors (Lipinski definition) is 5. The van der Waals surface area contributed by atoms with Crippen LogP contribution in [0.15, 0.2) is 72.9 Å². The Labute approximate surface area is 233 Å². The topological polar surface area (TPSA) is 122 Å². The molecule has 1 atom stereocenters. The summed E-state index contributed by atoms with van der Waals surface area (Å²) in [5.41, 5.74) is 0. The fraction of sp³-hybridized carbons (Fsp3) is 0.484. The third-order valence-electron chi connectivity index (χ3n) is 5.36. The summed E-state index contributed by atoms with van der Waals surface area (Å²) in [6.45, 7) is 2.46. The molecule has 0 radical (unpaired) electrons. The highest BCUT2D eigenvalue weighted by molar-refractivity contribution is 5.94. The summed E-state index contributed by atoms with van der Waals surface area (Å²) < 4.78 is 4.40. The van der Waals surface area contributed by atoms with Gasteiger partial charge in [-0.15, -0.1) is 0 Å². The largest absolute Gasteiger partial charge is 0.480 e. The molecule has 0 aliphatic heterocycles. The molecule has 0 saturated heterocycles. The Kier molecular flexibility index (Phi) is 23.5. The number of hydrogen-bond donors (Lipinski definition) is 3. The molecule has 3 N–H and O–H groups in total. The summed E-state index contributed by atoms with van der Waals surface area (Å²) in [6.07, 6.45) is 31.2. The predicted molar refractivity (Wildman–Crippen MR) is 156 cm³/mol. The molecule has 216 valence electrons. The number of nitrogens with one attached hydrogen (secondary N) is 2. The van der Waals surface area contributed by atoms with E-state index in [1.54, 1.807) is 0 Å². The van der Waals surface area contributed by atoms with Crippen molar-refractivity contribution < 1.29 is 29.0 Å². The Morgan fingerprint density at radius 3 is 1.87 bits per heavy atom. The van der Waals surface area contributed by atoms with Crippen molar-refractivity contribution in [1.82, 2.24) is 10.6 Å². The highest BCUT2D eigenvalue weighted by Gasteiger charge is 2.18. The average molecular weight is 543 g/mol. The van der Waals surface area contributed by atoms with Crippen LogP contribution in [-0.4, -0.2) is 48.6 Å². The van der Waals surface area contributed by atoms with Crippen LogP contribution in [0.1, 0.15) is 77.6 Å². The molecule has 0 saturated carbocycles. The van der Waals surface area contributed by atoms with Gasteiger partial charge in [-0.2, -0.15) is 0 Å². The Hall–Kier alpha value is -3.68. The van der Waals surface area contributed by atoms with E-state index in [4.69, 9.17) is 0 Å². The van der Waals surface area contributed by atoms with Crippen molar-refractivity contribution in [2.24, 2.45) is 0 Å². The summed E-state index contributed by atoms with van der Waals surface area (Å²) in [4.78, 5) is 46.1. The zero-order valence-electron chi connectivity index (χ0n) is 23.5. The molecular formula is C31H46N2O6. The van der Waals surface area contributed by atoms with Gasteiger partial charge < -0.3 is 20.5 Å². The van der Waals surface area contributed by atoms with Crippen molar-refractivity contribution in [3.05, 3.63) is 72.9 Å². The van der Waals surface area contributed by atoms with Gasteiger partial charge in [-0.1, -0.05) is 67.7 Å². The van der Waals surface area contributed by atoms with Gasteiger partial charge in [0.25, 0.3) is 0 Å². The minimum absolute atomic E-state index is 0.265. The van der Waals surface area contributed by atoms with Crippen LogP contribution in [0, 0.1) is 0 Å². The van der Waals surface area contributed by atoms with Crippen LogP contribution in [-0.2, 0) is 23.9 Å². The summed E-state index contributed by atoms with van der Waals surface area (Å²) in [6, 6.07) is -0.957. The van der Waals surface area contributed by atoms with E-state index in [1.807, 2.05) is 6.08 Å². The van der Waals surface area contributed by atoms with E-state index in [2.05, 4.69) is 77.0 Å². The smallest absolute Gasteiger partial charge is 0.330 e. The maximum Gasteiger partial charge on any atom is 0.330 e.